The number of rotatable bonds is 1. The van der Waals surface area contributed by atoms with E-state index in [0.717, 1.165) is 5.92 Å². The molecule has 0 aromatic carbocycles. The van der Waals surface area contributed by atoms with Crippen molar-refractivity contribution in [3.8, 4) is 0 Å². The van der Waals surface area contributed by atoms with E-state index in [4.69, 9.17) is 5.73 Å². The fourth-order valence-electron chi connectivity index (χ4n) is 1.80. The SMILES string of the molecule is C[C@@H](N)C1CCSC1(C)C. The molecule has 1 aliphatic rings. The monoisotopic (exact) mass is 159 g/mol. The van der Waals surface area contributed by atoms with Gasteiger partial charge in [0.2, 0.25) is 0 Å². The molecule has 0 saturated carbocycles. The lowest BCUT2D eigenvalue weighted by atomic mass is 9.87. The summed E-state index contributed by atoms with van der Waals surface area (Å²) in [7, 11) is 0. The van der Waals surface area contributed by atoms with Gasteiger partial charge in [-0.2, -0.15) is 11.8 Å². The molecule has 1 saturated heterocycles. The van der Waals surface area contributed by atoms with Gasteiger partial charge in [0.25, 0.3) is 0 Å². The van der Waals surface area contributed by atoms with Gasteiger partial charge in [0.05, 0.1) is 0 Å². The highest BCUT2D eigenvalue weighted by molar-refractivity contribution is 8.00. The van der Waals surface area contributed by atoms with Crippen LogP contribution in [0.1, 0.15) is 27.2 Å². The maximum atomic E-state index is 5.86. The summed E-state index contributed by atoms with van der Waals surface area (Å²) in [4.78, 5) is 0. The molecule has 1 fully saturated rings. The second kappa shape index (κ2) is 2.74. The summed E-state index contributed by atoms with van der Waals surface area (Å²) in [6.45, 7) is 6.73. The first-order chi connectivity index (χ1) is 4.54. The van der Waals surface area contributed by atoms with Crippen molar-refractivity contribution >= 4 is 11.8 Å². The molecule has 1 heterocycles. The molecule has 0 aromatic rings. The van der Waals surface area contributed by atoms with Crippen molar-refractivity contribution in [2.24, 2.45) is 11.7 Å². The summed E-state index contributed by atoms with van der Waals surface area (Å²) in [5.41, 5.74) is 5.86. The average molecular weight is 159 g/mol. The third kappa shape index (κ3) is 1.48. The summed E-state index contributed by atoms with van der Waals surface area (Å²) in [5.74, 6) is 2.01. The third-order valence-electron chi connectivity index (χ3n) is 2.43. The van der Waals surface area contributed by atoms with Gasteiger partial charge in [0.1, 0.15) is 0 Å². The molecule has 0 spiro atoms. The second-order valence-electron chi connectivity index (χ2n) is 3.71. The quantitative estimate of drug-likeness (QED) is 0.632. The third-order valence-corrected chi connectivity index (χ3v) is 3.92. The van der Waals surface area contributed by atoms with E-state index in [9.17, 15) is 0 Å². The van der Waals surface area contributed by atoms with Gasteiger partial charge in [-0.05, 0) is 25.0 Å². The lowest BCUT2D eigenvalue weighted by Crippen LogP contribution is -2.36. The molecule has 0 amide bonds. The van der Waals surface area contributed by atoms with Crippen molar-refractivity contribution in [3.63, 3.8) is 0 Å². The first kappa shape index (κ1) is 8.41. The van der Waals surface area contributed by atoms with Crippen molar-refractivity contribution in [1.82, 2.24) is 0 Å². The van der Waals surface area contributed by atoms with Gasteiger partial charge in [-0.3, -0.25) is 0 Å². The largest absolute Gasteiger partial charge is 0.328 e. The van der Waals surface area contributed by atoms with Crippen LogP contribution in [0.4, 0.5) is 0 Å². The predicted octanol–water partition coefficient (Wildman–Crippen LogP) is 1.87. The van der Waals surface area contributed by atoms with Crippen LogP contribution in [0.5, 0.6) is 0 Å². The molecule has 60 valence electrons. The van der Waals surface area contributed by atoms with Gasteiger partial charge < -0.3 is 5.73 Å². The normalized spacial score (nSPS) is 34.2. The minimum Gasteiger partial charge on any atom is -0.328 e. The highest BCUT2D eigenvalue weighted by Crippen LogP contribution is 2.43. The Labute approximate surface area is 67.8 Å². The fraction of sp³-hybridized carbons (Fsp3) is 1.00. The Hall–Kier alpha value is 0.310. The van der Waals surface area contributed by atoms with Crippen LogP contribution in [-0.4, -0.2) is 16.5 Å². The van der Waals surface area contributed by atoms with Crippen LogP contribution < -0.4 is 5.73 Å². The smallest absolute Gasteiger partial charge is 0.0146 e. The molecule has 0 bridgehead atoms. The van der Waals surface area contributed by atoms with Crippen LogP contribution in [0, 0.1) is 5.92 Å². The molecule has 0 aliphatic carbocycles. The van der Waals surface area contributed by atoms with E-state index in [0.29, 0.717) is 10.8 Å². The van der Waals surface area contributed by atoms with Crippen LogP contribution in [0.3, 0.4) is 0 Å². The number of nitrogens with two attached hydrogens (primary N) is 1. The molecular formula is C8H17NS. The zero-order chi connectivity index (χ0) is 7.78. The molecule has 0 aromatic heterocycles. The van der Waals surface area contributed by atoms with Crippen molar-refractivity contribution in [2.45, 2.75) is 38.0 Å². The Balaban J connectivity index is 2.59. The summed E-state index contributed by atoms with van der Waals surface area (Å²) >= 11 is 2.06. The lowest BCUT2D eigenvalue weighted by molar-refractivity contribution is 0.374. The topological polar surface area (TPSA) is 26.0 Å². The van der Waals surface area contributed by atoms with E-state index in [1.807, 2.05) is 0 Å². The van der Waals surface area contributed by atoms with Gasteiger partial charge in [0, 0.05) is 10.8 Å². The first-order valence-corrected chi connectivity index (χ1v) is 4.92. The molecule has 1 unspecified atom stereocenters. The van der Waals surface area contributed by atoms with Crippen molar-refractivity contribution < 1.29 is 0 Å². The highest BCUT2D eigenvalue weighted by Gasteiger charge is 2.37. The Morgan fingerprint density at radius 2 is 2.20 bits per heavy atom. The van der Waals surface area contributed by atoms with Gasteiger partial charge in [-0.15, -0.1) is 0 Å². The zero-order valence-corrected chi connectivity index (χ0v) is 7.87. The van der Waals surface area contributed by atoms with Gasteiger partial charge in [-0.25, -0.2) is 0 Å². The minimum atomic E-state index is 0.366. The summed E-state index contributed by atoms with van der Waals surface area (Å²) in [5, 5.41) is 0. The van der Waals surface area contributed by atoms with Crippen LogP contribution in [0.2, 0.25) is 0 Å². The fourth-order valence-corrected chi connectivity index (χ4v) is 3.24. The molecule has 10 heavy (non-hydrogen) atoms. The molecule has 0 radical (unpaired) electrons. The van der Waals surface area contributed by atoms with Gasteiger partial charge >= 0.3 is 0 Å². The summed E-state index contributed by atoms with van der Waals surface area (Å²) in [6.07, 6.45) is 1.30. The van der Waals surface area contributed by atoms with E-state index in [2.05, 4.69) is 32.5 Å². The minimum absolute atomic E-state index is 0.366. The van der Waals surface area contributed by atoms with Crippen molar-refractivity contribution in [2.75, 3.05) is 5.75 Å². The molecule has 2 N–H and O–H groups in total. The maximum Gasteiger partial charge on any atom is 0.0146 e. The standard InChI is InChI=1S/C8H17NS/c1-6(9)7-4-5-10-8(7,2)3/h6-7H,4-5,9H2,1-3H3/t6-,7?/m1/s1. The maximum absolute atomic E-state index is 5.86. The Bertz CT molecular complexity index is 120. The Morgan fingerprint density at radius 1 is 1.60 bits per heavy atom. The van der Waals surface area contributed by atoms with Crippen LogP contribution in [-0.2, 0) is 0 Å². The molecule has 2 heteroatoms. The number of hydrogen-bond acceptors (Lipinski definition) is 2. The zero-order valence-electron chi connectivity index (χ0n) is 7.05. The molecule has 1 rings (SSSR count). The van der Waals surface area contributed by atoms with Crippen LogP contribution in [0.25, 0.3) is 0 Å². The highest BCUT2D eigenvalue weighted by atomic mass is 32.2. The van der Waals surface area contributed by atoms with E-state index in [-0.39, 0.29) is 0 Å². The molecule has 1 nitrogen and oxygen atoms in total. The van der Waals surface area contributed by atoms with Crippen LogP contribution in [0.15, 0.2) is 0 Å². The summed E-state index contributed by atoms with van der Waals surface area (Å²) in [6, 6.07) is 0.366. The van der Waals surface area contributed by atoms with Crippen LogP contribution >= 0.6 is 11.8 Å². The number of hydrogen-bond donors (Lipinski definition) is 1. The Morgan fingerprint density at radius 3 is 2.40 bits per heavy atom. The summed E-state index contributed by atoms with van der Waals surface area (Å²) < 4.78 is 0.425. The van der Waals surface area contributed by atoms with E-state index >= 15 is 0 Å². The molecule has 2 atom stereocenters. The van der Waals surface area contributed by atoms with Gasteiger partial charge in [-0.1, -0.05) is 13.8 Å². The first-order valence-electron chi connectivity index (χ1n) is 3.93. The van der Waals surface area contributed by atoms with E-state index < -0.39 is 0 Å². The van der Waals surface area contributed by atoms with E-state index in [1.165, 1.54) is 12.2 Å². The molecule has 1 aliphatic heterocycles. The van der Waals surface area contributed by atoms with Gasteiger partial charge in [0.15, 0.2) is 0 Å². The number of thioether (sulfide) groups is 1. The second-order valence-corrected chi connectivity index (χ2v) is 5.46. The lowest BCUT2D eigenvalue weighted by Gasteiger charge is -2.28. The predicted molar refractivity (Wildman–Crippen MR) is 48.3 cm³/mol. The Kier molecular flexibility index (Phi) is 2.31. The average Bonchev–Trinajstić information content (AvgIpc) is 2.08. The molecular weight excluding hydrogens is 142 g/mol. The van der Waals surface area contributed by atoms with E-state index in [1.54, 1.807) is 0 Å². The van der Waals surface area contributed by atoms with Crippen molar-refractivity contribution in [3.05, 3.63) is 0 Å². The van der Waals surface area contributed by atoms with Crippen molar-refractivity contribution in [1.29, 1.82) is 0 Å².